The van der Waals surface area contributed by atoms with Crippen LogP contribution in [0.1, 0.15) is 11.1 Å². The normalized spacial score (nSPS) is 17.5. The number of anilines is 1. The monoisotopic (exact) mass is 303 g/mol. The van der Waals surface area contributed by atoms with Crippen LogP contribution in [0, 0.1) is 0 Å². The van der Waals surface area contributed by atoms with Crippen molar-refractivity contribution in [2.75, 3.05) is 11.9 Å². The molecule has 5 nitrogen and oxygen atoms in total. The van der Waals surface area contributed by atoms with Crippen LogP contribution in [0.15, 0.2) is 64.3 Å². The van der Waals surface area contributed by atoms with E-state index in [9.17, 15) is 4.79 Å². The van der Waals surface area contributed by atoms with Crippen molar-refractivity contribution in [2.45, 2.75) is 0 Å². The lowest BCUT2D eigenvalue weighted by molar-refractivity contribution is -0.110. The first kappa shape index (κ1) is 13.5. The highest BCUT2D eigenvalue weighted by Crippen LogP contribution is 2.25. The van der Waals surface area contributed by atoms with Crippen molar-refractivity contribution in [3.8, 4) is 5.75 Å². The smallest absolute Gasteiger partial charge is 0.276 e. The summed E-state index contributed by atoms with van der Waals surface area (Å²) in [4.78, 5) is 11.9. The van der Waals surface area contributed by atoms with Crippen molar-refractivity contribution in [2.24, 2.45) is 10.2 Å². The molecule has 1 N–H and O–H groups in total. The van der Waals surface area contributed by atoms with Crippen molar-refractivity contribution in [1.82, 2.24) is 0 Å². The Hall–Kier alpha value is -3.21. The zero-order valence-corrected chi connectivity index (χ0v) is 12.2. The maximum Gasteiger partial charge on any atom is 0.276 e. The molecule has 2 aliphatic heterocycles. The Morgan fingerprint density at radius 1 is 1.09 bits per heavy atom. The molecular formula is C18H13N3O2. The number of benzene rings is 2. The van der Waals surface area contributed by atoms with Crippen molar-refractivity contribution >= 4 is 29.6 Å². The summed E-state index contributed by atoms with van der Waals surface area (Å²) < 4.78 is 5.65. The van der Waals surface area contributed by atoms with Gasteiger partial charge in [0.2, 0.25) is 0 Å². The van der Waals surface area contributed by atoms with Gasteiger partial charge in [0.25, 0.3) is 5.91 Å². The van der Waals surface area contributed by atoms with E-state index in [1.165, 1.54) is 0 Å². The number of nitrogens with zero attached hydrogens (tertiary/aromatic N) is 2. The van der Waals surface area contributed by atoms with Crippen LogP contribution in [0.3, 0.4) is 0 Å². The van der Waals surface area contributed by atoms with Gasteiger partial charge in [-0.2, -0.15) is 5.10 Å². The van der Waals surface area contributed by atoms with Crippen LogP contribution in [-0.4, -0.2) is 24.4 Å². The number of rotatable bonds is 2. The number of ether oxygens (including phenoxy) is 1. The van der Waals surface area contributed by atoms with Crippen molar-refractivity contribution < 1.29 is 9.53 Å². The summed E-state index contributed by atoms with van der Waals surface area (Å²) in [5.74, 6) is 0.627. The zero-order valence-electron chi connectivity index (χ0n) is 12.2. The van der Waals surface area contributed by atoms with E-state index in [2.05, 4.69) is 15.5 Å². The number of hydrogen-bond donors (Lipinski definition) is 1. The van der Waals surface area contributed by atoms with Gasteiger partial charge in [-0.15, -0.1) is 5.10 Å². The molecule has 0 saturated heterocycles. The summed E-state index contributed by atoms with van der Waals surface area (Å²) in [6, 6.07) is 15.2. The molecule has 4 rings (SSSR count). The fourth-order valence-corrected chi connectivity index (χ4v) is 2.57. The third kappa shape index (κ3) is 2.53. The zero-order chi connectivity index (χ0) is 15.6. The van der Waals surface area contributed by atoms with E-state index in [1.807, 2.05) is 54.6 Å². The first-order valence-corrected chi connectivity index (χ1v) is 7.25. The number of amides is 1. The number of fused-ring (bicyclic) bond motifs is 2. The summed E-state index contributed by atoms with van der Waals surface area (Å²) >= 11 is 0. The molecule has 0 fully saturated rings. The average molecular weight is 303 g/mol. The predicted octanol–water partition coefficient (Wildman–Crippen LogP) is 2.89. The summed E-state index contributed by atoms with van der Waals surface area (Å²) in [5.41, 5.74) is 3.78. The number of nitrogens with one attached hydrogen (secondary N) is 1. The van der Waals surface area contributed by atoms with Gasteiger partial charge in [-0.25, -0.2) is 0 Å². The van der Waals surface area contributed by atoms with Crippen LogP contribution in [-0.2, 0) is 4.79 Å². The molecule has 0 atom stereocenters. The average Bonchev–Trinajstić information content (AvgIpc) is 2.90. The van der Waals surface area contributed by atoms with Crippen LogP contribution in [0.5, 0.6) is 5.75 Å². The van der Waals surface area contributed by atoms with Crippen molar-refractivity contribution in [3.05, 3.63) is 65.2 Å². The highest BCUT2D eigenvalue weighted by Gasteiger charge is 2.25. The second-order valence-corrected chi connectivity index (χ2v) is 5.24. The lowest BCUT2D eigenvalue weighted by atomic mass is 10.1. The number of para-hydroxylation sites is 2. The van der Waals surface area contributed by atoms with E-state index in [0.717, 1.165) is 28.1 Å². The van der Waals surface area contributed by atoms with Crippen LogP contribution >= 0.6 is 0 Å². The summed E-state index contributed by atoms with van der Waals surface area (Å²) in [6.07, 6.45) is 3.63. The maximum atomic E-state index is 11.9. The van der Waals surface area contributed by atoms with E-state index in [-0.39, 0.29) is 5.91 Å². The van der Waals surface area contributed by atoms with Gasteiger partial charge in [-0.05, 0) is 18.2 Å². The maximum absolute atomic E-state index is 11.9. The van der Waals surface area contributed by atoms with E-state index in [4.69, 9.17) is 4.74 Å². The van der Waals surface area contributed by atoms with Gasteiger partial charge in [0, 0.05) is 16.7 Å². The molecule has 0 saturated carbocycles. The standard InChI is InChI=1S/C18H13N3O2/c22-18-17(14-6-2-3-7-15(14)20-18)21-19-10-12-9-13-5-1-4-8-16(13)23-11-12/h1-10H,11H2,(H,20,21,22)/b19-10+. The van der Waals surface area contributed by atoms with E-state index in [1.54, 1.807) is 6.21 Å². The SMILES string of the molecule is O=C1Nc2ccccc2/C1=N/N=C/C1=Cc2ccccc2OC1. The summed E-state index contributed by atoms with van der Waals surface area (Å²) in [5, 5.41) is 10.9. The topological polar surface area (TPSA) is 63.0 Å². The minimum absolute atomic E-state index is 0.234. The molecule has 0 unspecified atom stereocenters. The van der Waals surface area contributed by atoms with Gasteiger partial charge < -0.3 is 10.1 Å². The van der Waals surface area contributed by atoms with Crippen LogP contribution in [0.2, 0.25) is 0 Å². The van der Waals surface area contributed by atoms with Gasteiger partial charge in [0.1, 0.15) is 12.4 Å². The van der Waals surface area contributed by atoms with E-state index >= 15 is 0 Å². The first-order chi connectivity index (χ1) is 11.3. The lowest BCUT2D eigenvalue weighted by Crippen LogP contribution is -2.14. The third-order valence-electron chi connectivity index (χ3n) is 3.68. The van der Waals surface area contributed by atoms with Gasteiger partial charge in [-0.3, -0.25) is 4.79 Å². The largest absolute Gasteiger partial charge is 0.488 e. The molecule has 2 aromatic rings. The summed E-state index contributed by atoms with van der Waals surface area (Å²) in [6.45, 7) is 0.439. The molecule has 0 bridgehead atoms. The summed E-state index contributed by atoms with van der Waals surface area (Å²) in [7, 11) is 0. The molecule has 2 aliphatic rings. The third-order valence-corrected chi connectivity index (χ3v) is 3.68. The molecule has 0 aliphatic carbocycles. The Labute approximate surface area is 133 Å². The molecule has 5 heteroatoms. The highest BCUT2D eigenvalue weighted by atomic mass is 16.5. The second kappa shape index (κ2) is 5.53. The number of carbonyl (C=O) groups excluding carboxylic acids is 1. The Bertz CT molecular complexity index is 881. The van der Waals surface area contributed by atoms with Crippen LogP contribution in [0.4, 0.5) is 5.69 Å². The fraction of sp³-hybridized carbons (Fsp3) is 0.0556. The molecule has 1 amide bonds. The van der Waals surface area contributed by atoms with Gasteiger partial charge in [0.15, 0.2) is 5.71 Å². The predicted molar refractivity (Wildman–Crippen MR) is 90.0 cm³/mol. The highest BCUT2D eigenvalue weighted by molar-refractivity contribution is 6.53. The minimum atomic E-state index is -0.234. The molecule has 0 spiro atoms. The van der Waals surface area contributed by atoms with Crippen LogP contribution in [0.25, 0.3) is 6.08 Å². The quantitative estimate of drug-likeness (QED) is 0.685. The fourth-order valence-electron chi connectivity index (χ4n) is 2.57. The second-order valence-electron chi connectivity index (χ2n) is 5.24. The molecule has 2 heterocycles. The Balaban J connectivity index is 1.59. The minimum Gasteiger partial charge on any atom is -0.488 e. The Kier molecular flexibility index (Phi) is 3.24. The number of carbonyl (C=O) groups is 1. The molecule has 23 heavy (non-hydrogen) atoms. The van der Waals surface area contributed by atoms with Crippen LogP contribution < -0.4 is 10.1 Å². The van der Waals surface area contributed by atoms with E-state index in [0.29, 0.717) is 12.3 Å². The Morgan fingerprint density at radius 3 is 2.87 bits per heavy atom. The van der Waals surface area contributed by atoms with Gasteiger partial charge >= 0.3 is 0 Å². The van der Waals surface area contributed by atoms with Gasteiger partial charge in [-0.1, -0.05) is 36.4 Å². The Morgan fingerprint density at radius 2 is 1.91 bits per heavy atom. The van der Waals surface area contributed by atoms with Gasteiger partial charge in [0.05, 0.1) is 11.9 Å². The van der Waals surface area contributed by atoms with Crippen molar-refractivity contribution in [3.63, 3.8) is 0 Å². The molecule has 0 aromatic heterocycles. The first-order valence-electron chi connectivity index (χ1n) is 7.25. The molecule has 0 radical (unpaired) electrons. The molecular weight excluding hydrogens is 290 g/mol. The molecule has 2 aromatic carbocycles. The van der Waals surface area contributed by atoms with E-state index < -0.39 is 0 Å². The number of hydrogen-bond acceptors (Lipinski definition) is 4. The lowest BCUT2D eigenvalue weighted by Gasteiger charge is -2.14. The molecule has 112 valence electrons. The van der Waals surface area contributed by atoms with Crippen molar-refractivity contribution in [1.29, 1.82) is 0 Å².